The van der Waals surface area contributed by atoms with Crippen molar-refractivity contribution in [2.24, 2.45) is 11.8 Å². The van der Waals surface area contributed by atoms with E-state index in [4.69, 9.17) is 5.41 Å². The molecule has 19 heavy (non-hydrogen) atoms. The average molecular weight is 263 g/mol. The van der Waals surface area contributed by atoms with Crippen molar-refractivity contribution in [3.63, 3.8) is 0 Å². The topological polar surface area (TPSA) is 90.3 Å². The lowest BCUT2D eigenvalue weighted by Gasteiger charge is -2.29. The summed E-state index contributed by atoms with van der Waals surface area (Å²) in [4.78, 5) is 37.0. The molecule has 2 heterocycles. The van der Waals surface area contributed by atoms with Crippen LogP contribution in [-0.2, 0) is 14.4 Å². The van der Waals surface area contributed by atoms with Crippen LogP contribution in [0, 0.1) is 17.2 Å². The summed E-state index contributed by atoms with van der Waals surface area (Å²) >= 11 is 0. The number of carbonyl (C=O) groups excluding carboxylic acids is 3. The first-order chi connectivity index (χ1) is 9.08. The van der Waals surface area contributed by atoms with Gasteiger partial charge in [-0.2, -0.15) is 0 Å². The monoisotopic (exact) mass is 263 g/mol. The molecule has 3 fully saturated rings. The van der Waals surface area contributed by atoms with Gasteiger partial charge in [-0.15, -0.1) is 0 Å². The van der Waals surface area contributed by atoms with Crippen LogP contribution < -0.4 is 5.32 Å². The number of nitrogens with one attached hydrogen (secondary N) is 2. The van der Waals surface area contributed by atoms with Gasteiger partial charge in [-0.1, -0.05) is 0 Å². The summed E-state index contributed by atoms with van der Waals surface area (Å²) < 4.78 is 0. The largest absolute Gasteiger partial charge is 0.330 e. The first-order valence-corrected chi connectivity index (χ1v) is 6.79. The molecule has 102 valence electrons. The lowest BCUT2D eigenvalue weighted by molar-refractivity contribution is -0.144. The smallest absolute Gasteiger partial charge is 0.249 e. The van der Waals surface area contributed by atoms with Crippen molar-refractivity contribution in [3.8, 4) is 0 Å². The summed E-state index contributed by atoms with van der Waals surface area (Å²) in [7, 11) is 0. The summed E-state index contributed by atoms with van der Waals surface area (Å²) in [6, 6.07) is -0.524. The molecule has 0 radical (unpaired) electrons. The minimum atomic E-state index is -0.524. The zero-order valence-electron chi connectivity index (χ0n) is 10.6. The average Bonchev–Trinajstić information content (AvgIpc) is 2.69. The lowest BCUT2D eigenvalue weighted by atomic mass is 9.80. The van der Waals surface area contributed by atoms with Crippen molar-refractivity contribution >= 4 is 23.4 Å². The molecule has 0 spiro atoms. The molecule has 0 aromatic rings. The Labute approximate surface area is 111 Å². The number of hydrogen-bond acceptors (Lipinski definition) is 4. The first-order valence-electron chi connectivity index (χ1n) is 6.79. The third-order valence-corrected chi connectivity index (χ3v) is 4.47. The molecule has 3 rings (SSSR count). The number of carbonyl (C=O) groups is 3. The zero-order valence-corrected chi connectivity index (χ0v) is 10.6. The molecular weight excluding hydrogens is 246 g/mol. The van der Waals surface area contributed by atoms with Crippen LogP contribution in [-0.4, -0.2) is 40.9 Å². The molecule has 1 aliphatic carbocycles. The second-order valence-corrected chi connectivity index (χ2v) is 5.59. The van der Waals surface area contributed by atoms with E-state index in [9.17, 15) is 14.4 Å². The number of piperidine rings is 1. The van der Waals surface area contributed by atoms with E-state index in [2.05, 4.69) is 5.32 Å². The zero-order chi connectivity index (χ0) is 13.6. The molecule has 2 N–H and O–H groups in total. The van der Waals surface area contributed by atoms with Crippen LogP contribution >= 0.6 is 0 Å². The Morgan fingerprint density at radius 1 is 1.11 bits per heavy atom. The number of fused-ring (bicyclic) bond motifs is 1. The van der Waals surface area contributed by atoms with Gasteiger partial charge < -0.3 is 10.3 Å². The molecule has 3 unspecified atom stereocenters. The van der Waals surface area contributed by atoms with Crippen molar-refractivity contribution in [2.75, 3.05) is 6.54 Å². The summed E-state index contributed by atoms with van der Waals surface area (Å²) in [5.74, 6) is -0.782. The standard InChI is InChI=1S/C13H17N3O3/c14-9-3-1-2-7-8(9)6-16(13(7)19)10-4-5-11(17)15-12(10)18/h7-8,10,14H,1-6H2,(H,15,17,18). The van der Waals surface area contributed by atoms with E-state index in [1.54, 1.807) is 4.90 Å². The number of imide groups is 1. The van der Waals surface area contributed by atoms with Gasteiger partial charge in [0.2, 0.25) is 17.7 Å². The Bertz CT molecular complexity index is 474. The third kappa shape index (κ3) is 1.95. The van der Waals surface area contributed by atoms with E-state index < -0.39 is 6.04 Å². The molecule has 0 aromatic carbocycles. The fraction of sp³-hybridized carbons (Fsp3) is 0.692. The molecular formula is C13H17N3O3. The van der Waals surface area contributed by atoms with Gasteiger partial charge in [0.15, 0.2) is 0 Å². The number of rotatable bonds is 1. The van der Waals surface area contributed by atoms with E-state index >= 15 is 0 Å². The molecule has 6 heteroatoms. The van der Waals surface area contributed by atoms with Crippen molar-refractivity contribution in [1.82, 2.24) is 10.2 Å². The van der Waals surface area contributed by atoms with Crippen molar-refractivity contribution < 1.29 is 14.4 Å². The molecule has 2 saturated heterocycles. The van der Waals surface area contributed by atoms with Gasteiger partial charge in [-0.05, 0) is 25.7 Å². The van der Waals surface area contributed by atoms with E-state index in [0.717, 1.165) is 19.3 Å². The predicted molar refractivity (Wildman–Crippen MR) is 66.4 cm³/mol. The van der Waals surface area contributed by atoms with Crippen LogP contribution in [0.4, 0.5) is 0 Å². The summed E-state index contributed by atoms with van der Waals surface area (Å²) in [5.41, 5.74) is 0.638. The highest BCUT2D eigenvalue weighted by atomic mass is 16.2. The second kappa shape index (κ2) is 4.43. The molecule has 1 saturated carbocycles. The van der Waals surface area contributed by atoms with Crippen LogP contribution in [0.15, 0.2) is 0 Å². The number of hydrogen-bond donors (Lipinski definition) is 2. The molecule has 3 aliphatic rings. The van der Waals surface area contributed by atoms with Gasteiger partial charge in [0.1, 0.15) is 6.04 Å². The highest BCUT2D eigenvalue weighted by Gasteiger charge is 2.48. The van der Waals surface area contributed by atoms with E-state index in [1.807, 2.05) is 0 Å². The van der Waals surface area contributed by atoms with Crippen molar-refractivity contribution in [2.45, 2.75) is 38.1 Å². The number of nitrogens with zero attached hydrogens (tertiary/aromatic N) is 1. The van der Waals surface area contributed by atoms with Gasteiger partial charge in [-0.25, -0.2) is 0 Å². The highest BCUT2D eigenvalue weighted by Crippen LogP contribution is 2.36. The molecule has 2 aliphatic heterocycles. The summed E-state index contributed by atoms with van der Waals surface area (Å²) in [6.07, 6.45) is 3.15. The van der Waals surface area contributed by atoms with Gasteiger partial charge in [0.25, 0.3) is 0 Å². The number of amides is 3. The quantitative estimate of drug-likeness (QED) is 0.656. The summed E-state index contributed by atoms with van der Waals surface area (Å²) in [6.45, 7) is 0.467. The molecule has 3 atom stereocenters. The predicted octanol–water partition coefficient (Wildman–Crippen LogP) is 0.0699. The maximum absolute atomic E-state index is 12.4. The van der Waals surface area contributed by atoms with Crippen molar-refractivity contribution in [1.29, 1.82) is 5.41 Å². The fourth-order valence-electron chi connectivity index (χ4n) is 3.45. The SMILES string of the molecule is N=C1CCCC2C(=O)N(C3CCC(=O)NC3=O)CC12. The van der Waals surface area contributed by atoms with Crippen LogP contribution in [0.5, 0.6) is 0 Å². The molecule has 0 bridgehead atoms. The Kier molecular flexibility index (Phi) is 2.88. The van der Waals surface area contributed by atoms with Gasteiger partial charge in [-0.3, -0.25) is 19.7 Å². The number of likely N-dealkylation sites (tertiary alicyclic amines) is 1. The van der Waals surface area contributed by atoms with Gasteiger partial charge >= 0.3 is 0 Å². The maximum atomic E-state index is 12.4. The van der Waals surface area contributed by atoms with Gasteiger partial charge in [0, 0.05) is 30.5 Å². The van der Waals surface area contributed by atoms with E-state index in [-0.39, 0.29) is 36.0 Å². The van der Waals surface area contributed by atoms with Gasteiger partial charge in [0.05, 0.1) is 0 Å². The highest BCUT2D eigenvalue weighted by molar-refractivity contribution is 6.03. The van der Waals surface area contributed by atoms with E-state index in [1.165, 1.54) is 0 Å². The minimum Gasteiger partial charge on any atom is -0.330 e. The normalized spacial score (nSPS) is 35.4. The molecule has 0 aromatic heterocycles. The van der Waals surface area contributed by atoms with Crippen LogP contribution in [0.25, 0.3) is 0 Å². The third-order valence-electron chi connectivity index (χ3n) is 4.47. The van der Waals surface area contributed by atoms with E-state index in [0.29, 0.717) is 18.7 Å². The van der Waals surface area contributed by atoms with Crippen molar-refractivity contribution in [3.05, 3.63) is 0 Å². The lowest BCUT2D eigenvalue weighted by Crippen LogP contribution is -2.53. The Morgan fingerprint density at radius 2 is 1.89 bits per heavy atom. The molecule has 6 nitrogen and oxygen atoms in total. The minimum absolute atomic E-state index is 0.0102. The Hall–Kier alpha value is -1.72. The molecule has 3 amide bonds. The summed E-state index contributed by atoms with van der Waals surface area (Å²) in [5, 5.41) is 10.3. The maximum Gasteiger partial charge on any atom is 0.249 e. The Morgan fingerprint density at radius 3 is 2.58 bits per heavy atom. The van der Waals surface area contributed by atoms with Crippen LogP contribution in [0.2, 0.25) is 0 Å². The van der Waals surface area contributed by atoms with Crippen LogP contribution in [0.3, 0.4) is 0 Å². The first kappa shape index (κ1) is 12.3. The van der Waals surface area contributed by atoms with Crippen LogP contribution in [0.1, 0.15) is 32.1 Å². The second-order valence-electron chi connectivity index (χ2n) is 5.59. The Balaban J connectivity index is 1.79. The fourth-order valence-corrected chi connectivity index (χ4v) is 3.45.